The van der Waals surface area contributed by atoms with Gasteiger partial charge in [0, 0.05) is 6.42 Å². The molecular formula is C25H19N3O3. The zero-order chi connectivity index (χ0) is 21.5. The van der Waals surface area contributed by atoms with Crippen molar-refractivity contribution in [2.75, 3.05) is 0 Å². The summed E-state index contributed by atoms with van der Waals surface area (Å²) in [5.74, 6) is 1.34. The van der Waals surface area contributed by atoms with Crippen LogP contribution in [0.3, 0.4) is 0 Å². The molecule has 4 rings (SSSR count). The van der Waals surface area contributed by atoms with Crippen LogP contribution >= 0.6 is 0 Å². The lowest BCUT2D eigenvalue weighted by atomic mass is 10.1. The van der Waals surface area contributed by atoms with Gasteiger partial charge in [-0.05, 0) is 41.8 Å². The second-order valence-corrected chi connectivity index (χ2v) is 6.86. The van der Waals surface area contributed by atoms with Crippen LogP contribution < -0.4 is 4.74 Å². The number of benzene rings is 2. The third-order valence-corrected chi connectivity index (χ3v) is 4.66. The first-order valence-electron chi connectivity index (χ1n) is 9.81. The molecule has 31 heavy (non-hydrogen) atoms. The first-order valence-corrected chi connectivity index (χ1v) is 9.81. The molecular weight excluding hydrogens is 390 g/mol. The van der Waals surface area contributed by atoms with Crippen molar-refractivity contribution in [3.8, 4) is 17.2 Å². The fourth-order valence-corrected chi connectivity index (χ4v) is 2.99. The molecule has 2 aromatic carbocycles. The number of ketones is 1. The Labute approximate surface area is 180 Å². The highest BCUT2D eigenvalue weighted by atomic mass is 16.5. The monoisotopic (exact) mass is 409 g/mol. The molecule has 0 saturated heterocycles. The van der Waals surface area contributed by atoms with Crippen molar-refractivity contribution in [1.29, 1.82) is 0 Å². The fraction of sp³-hybridized carbons (Fsp3) is 0.120. The summed E-state index contributed by atoms with van der Waals surface area (Å²) in [5, 5.41) is 0. The van der Waals surface area contributed by atoms with Gasteiger partial charge < -0.3 is 14.0 Å². The van der Waals surface area contributed by atoms with Gasteiger partial charge in [0.25, 0.3) is 11.7 Å². The minimum atomic E-state index is -0.177. The fourth-order valence-electron chi connectivity index (χ4n) is 2.99. The number of rotatable bonds is 8. The number of carbonyl (C=O) groups excluding carboxylic acids is 1. The van der Waals surface area contributed by atoms with Crippen molar-refractivity contribution in [3.63, 3.8) is 0 Å². The first-order chi connectivity index (χ1) is 15.2. The average molecular weight is 409 g/mol. The molecule has 0 bridgehead atoms. The van der Waals surface area contributed by atoms with E-state index in [1.54, 1.807) is 18.2 Å². The van der Waals surface area contributed by atoms with Crippen LogP contribution in [0, 0.1) is 6.57 Å². The summed E-state index contributed by atoms with van der Waals surface area (Å²) in [4.78, 5) is 24.0. The Balaban J connectivity index is 1.31. The third-order valence-electron chi connectivity index (χ3n) is 4.66. The van der Waals surface area contributed by atoms with Crippen LogP contribution in [0.15, 0.2) is 83.4 Å². The van der Waals surface area contributed by atoms with Crippen molar-refractivity contribution in [3.05, 3.63) is 107 Å². The van der Waals surface area contributed by atoms with Crippen molar-refractivity contribution in [2.24, 2.45) is 0 Å². The second-order valence-electron chi connectivity index (χ2n) is 6.86. The summed E-state index contributed by atoms with van der Waals surface area (Å²) >= 11 is 0. The molecule has 0 spiro atoms. The predicted octanol–water partition coefficient (Wildman–Crippen LogP) is 5.68. The maximum absolute atomic E-state index is 12.5. The first kappa shape index (κ1) is 20.0. The van der Waals surface area contributed by atoms with Crippen LogP contribution in [-0.4, -0.2) is 15.8 Å². The molecule has 0 aliphatic rings. The number of nitrogens with zero attached hydrogens (tertiary/aromatic N) is 3. The average Bonchev–Trinajstić information content (AvgIpc) is 3.33. The van der Waals surface area contributed by atoms with Crippen LogP contribution in [0.25, 0.3) is 16.3 Å². The van der Waals surface area contributed by atoms with Gasteiger partial charge in [0.05, 0.1) is 6.20 Å². The Morgan fingerprint density at radius 1 is 0.968 bits per heavy atom. The van der Waals surface area contributed by atoms with Gasteiger partial charge in [-0.1, -0.05) is 55.1 Å². The molecule has 0 N–H and O–H groups in total. The number of aromatic nitrogens is 2. The van der Waals surface area contributed by atoms with E-state index in [-0.39, 0.29) is 23.9 Å². The molecule has 0 atom stereocenters. The van der Waals surface area contributed by atoms with E-state index in [4.69, 9.17) is 15.7 Å². The van der Waals surface area contributed by atoms with Gasteiger partial charge in [0.1, 0.15) is 12.4 Å². The molecule has 0 fully saturated rings. The summed E-state index contributed by atoms with van der Waals surface area (Å²) < 4.78 is 11.3. The highest BCUT2D eigenvalue weighted by molar-refractivity contribution is 5.92. The highest BCUT2D eigenvalue weighted by Crippen LogP contribution is 2.22. The van der Waals surface area contributed by atoms with Gasteiger partial charge in [0.2, 0.25) is 5.78 Å². The van der Waals surface area contributed by atoms with Gasteiger partial charge in [0.15, 0.2) is 11.5 Å². The molecule has 0 aliphatic carbocycles. The molecule has 2 aromatic heterocycles. The highest BCUT2D eigenvalue weighted by Gasteiger charge is 2.16. The quantitative estimate of drug-likeness (QED) is 0.276. The van der Waals surface area contributed by atoms with E-state index in [9.17, 15) is 4.79 Å². The molecule has 0 saturated carbocycles. The third kappa shape index (κ3) is 5.22. The number of Topliss-reactive ketones (excluding diaryl/α,β-unsaturated/α-hetero) is 1. The lowest BCUT2D eigenvalue weighted by Gasteiger charge is -2.07. The van der Waals surface area contributed by atoms with Crippen LogP contribution in [0.1, 0.15) is 28.2 Å². The normalized spacial score (nSPS) is 10.4. The predicted molar refractivity (Wildman–Crippen MR) is 116 cm³/mol. The van der Waals surface area contributed by atoms with Crippen LogP contribution in [-0.2, 0) is 13.0 Å². The molecule has 0 radical (unpaired) electrons. The zero-order valence-electron chi connectivity index (χ0n) is 16.7. The van der Waals surface area contributed by atoms with Crippen molar-refractivity contribution in [2.45, 2.75) is 19.4 Å². The Hall–Kier alpha value is -4.24. The maximum Gasteiger partial charge on any atom is 0.270 e. The van der Waals surface area contributed by atoms with Crippen LogP contribution in [0.4, 0.5) is 5.82 Å². The van der Waals surface area contributed by atoms with E-state index in [1.807, 2.05) is 54.6 Å². The standard InChI is InChI=1S/C25H19N3O3/c1-26-24-9-5-8-21(28-24)23-16-27-25(31-23)22(29)15-14-18-10-12-19(13-11-18)17-30-20-6-3-2-4-7-20/h2-13,16H,14-15,17H2. The van der Waals surface area contributed by atoms with Gasteiger partial charge in [-0.25, -0.2) is 4.98 Å². The van der Waals surface area contributed by atoms with E-state index >= 15 is 0 Å². The molecule has 2 heterocycles. The topological polar surface area (TPSA) is 69.6 Å². The van der Waals surface area contributed by atoms with Gasteiger partial charge in [-0.15, -0.1) is 4.98 Å². The molecule has 6 heteroatoms. The Kier molecular flexibility index (Phi) is 6.15. The Bertz CT molecular complexity index is 1210. The minimum absolute atomic E-state index is 0.0536. The Morgan fingerprint density at radius 2 is 1.74 bits per heavy atom. The van der Waals surface area contributed by atoms with E-state index in [2.05, 4.69) is 14.8 Å². The van der Waals surface area contributed by atoms with E-state index < -0.39 is 0 Å². The minimum Gasteiger partial charge on any atom is -0.489 e. The van der Waals surface area contributed by atoms with E-state index in [1.165, 1.54) is 6.20 Å². The lowest BCUT2D eigenvalue weighted by molar-refractivity contribution is 0.0950. The van der Waals surface area contributed by atoms with Gasteiger partial charge >= 0.3 is 0 Å². The molecule has 0 aliphatic heterocycles. The largest absolute Gasteiger partial charge is 0.489 e. The molecule has 0 unspecified atom stereocenters. The van der Waals surface area contributed by atoms with Crippen LogP contribution in [0.2, 0.25) is 0 Å². The van der Waals surface area contributed by atoms with Crippen LogP contribution in [0.5, 0.6) is 5.75 Å². The summed E-state index contributed by atoms with van der Waals surface area (Å²) in [6, 6.07) is 22.7. The van der Waals surface area contributed by atoms with Crippen molar-refractivity contribution in [1.82, 2.24) is 9.97 Å². The summed E-state index contributed by atoms with van der Waals surface area (Å²) in [5.41, 5.74) is 2.59. The van der Waals surface area contributed by atoms with E-state index in [0.717, 1.165) is 16.9 Å². The summed E-state index contributed by atoms with van der Waals surface area (Å²) in [6.07, 6.45) is 2.34. The zero-order valence-corrected chi connectivity index (χ0v) is 16.7. The summed E-state index contributed by atoms with van der Waals surface area (Å²) in [6.45, 7) is 7.54. The van der Waals surface area contributed by atoms with Gasteiger partial charge in [-0.3, -0.25) is 4.79 Å². The molecule has 6 nitrogen and oxygen atoms in total. The number of pyridine rings is 1. The maximum atomic E-state index is 12.5. The number of carbonyl (C=O) groups is 1. The van der Waals surface area contributed by atoms with Crippen molar-refractivity contribution < 1.29 is 13.9 Å². The number of aryl methyl sites for hydroxylation is 1. The van der Waals surface area contributed by atoms with Gasteiger partial charge in [-0.2, -0.15) is 0 Å². The number of oxazole rings is 1. The lowest BCUT2D eigenvalue weighted by Crippen LogP contribution is -2.02. The van der Waals surface area contributed by atoms with E-state index in [0.29, 0.717) is 24.5 Å². The Morgan fingerprint density at radius 3 is 2.52 bits per heavy atom. The SMILES string of the molecule is [C-]#[N+]c1cccc(-c2cnc(C(=O)CCc3ccc(COc4ccccc4)cc3)o2)n1. The second kappa shape index (κ2) is 9.51. The summed E-state index contributed by atoms with van der Waals surface area (Å²) in [7, 11) is 0. The molecule has 4 aromatic rings. The van der Waals surface area contributed by atoms with Crippen molar-refractivity contribution >= 4 is 11.6 Å². The smallest absolute Gasteiger partial charge is 0.270 e. The molecule has 152 valence electrons. The molecule has 0 amide bonds. The number of hydrogen-bond acceptors (Lipinski definition) is 5. The number of ether oxygens (including phenoxy) is 1. The number of para-hydroxylation sites is 1. The number of hydrogen-bond donors (Lipinski definition) is 0.